The molecule has 1 aliphatic rings. The molecule has 2 heterocycles. The number of hydrogen-bond acceptors (Lipinski definition) is 2. The van der Waals surface area contributed by atoms with E-state index in [0.717, 1.165) is 34.2 Å². The predicted molar refractivity (Wildman–Crippen MR) is 203 cm³/mol. The summed E-state index contributed by atoms with van der Waals surface area (Å²) in [6.45, 7) is 8.30. The number of halogens is 2. The van der Waals surface area contributed by atoms with Crippen molar-refractivity contribution in [2.75, 3.05) is 0 Å². The molecule has 0 amide bonds. The molecule has 0 atom stereocenters. The van der Waals surface area contributed by atoms with Crippen LogP contribution in [0.4, 0.5) is 0 Å². The molecule has 0 saturated heterocycles. The zero-order valence-electron chi connectivity index (χ0n) is 29.4. The van der Waals surface area contributed by atoms with Crippen molar-refractivity contribution in [1.82, 2.24) is 0 Å². The molecule has 2 nitrogen and oxygen atoms in total. The minimum atomic E-state index is 0. The van der Waals surface area contributed by atoms with E-state index in [1.807, 2.05) is 38.1 Å². The zero-order valence-corrected chi connectivity index (χ0v) is 33.4. The fourth-order valence-corrected chi connectivity index (χ4v) is 7.44. The average Bonchev–Trinajstić information content (AvgIpc) is 3.91. The summed E-state index contributed by atoms with van der Waals surface area (Å²) in [6, 6.07) is 46.9. The van der Waals surface area contributed by atoms with E-state index in [1.165, 1.54) is 74.2 Å². The van der Waals surface area contributed by atoms with Gasteiger partial charge in [-0.2, -0.15) is 0 Å². The zero-order chi connectivity index (χ0) is 33.9. The maximum absolute atomic E-state index is 5.77. The van der Waals surface area contributed by atoms with E-state index in [9.17, 15) is 0 Å². The van der Waals surface area contributed by atoms with Crippen LogP contribution in [0, 0.1) is 27.7 Å². The Labute approximate surface area is 328 Å². The average molecular weight is 787 g/mol. The summed E-state index contributed by atoms with van der Waals surface area (Å²) in [5, 5.41) is 5.09. The second-order valence-electron chi connectivity index (χ2n) is 13.0. The summed E-state index contributed by atoms with van der Waals surface area (Å²) in [5.74, 6) is 3.76. The van der Waals surface area contributed by atoms with Gasteiger partial charge in [-0.1, -0.05) is 95.1 Å². The Kier molecular flexibility index (Phi) is 12.7. The second-order valence-corrected chi connectivity index (χ2v) is 14.8. The molecule has 51 heavy (non-hydrogen) atoms. The monoisotopic (exact) mass is 784 g/mol. The Morgan fingerprint density at radius 1 is 0.510 bits per heavy atom. The molecule has 256 valence electrons. The molecule has 8 aromatic rings. The van der Waals surface area contributed by atoms with E-state index in [-0.39, 0.29) is 24.8 Å². The molecule has 0 spiro atoms. The number of furan rings is 2. The summed E-state index contributed by atoms with van der Waals surface area (Å²) in [4.78, 5) is 0. The van der Waals surface area contributed by atoms with Gasteiger partial charge in [0, 0.05) is 0 Å². The van der Waals surface area contributed by atoms with E-state index in [2.05, 4.69) is 123 Å². The summed E-state index contributed by atoms with van der Waals surface area (Å²) in [7, 11) is 0. The van der Waals surface area contributed by atoms with Crippen LogP contribution in [0.25, 0.3) is 66.4 Å². The van der Waals surface area contributed by atoms with Crippen LogP contribution in [-0.4, -0.2) is 3.21 Å². The number of hydrogen-bond donors (Lipinski definition) is 0. The third-order valence-corrected chi connectivity index (χ3v) is 10.6. The van der Waals surface area contributed by atoms with Gasteiger partial charge in [-0.15, -0.1) is 57.9 Å². The fraction of sp³-hybridized carbons (Fsp3) is 0.152. The summed E-state index contributed by atoms with van der Waals surface area (Å²) in [6.07, 6.45) is 4.36. The van der Waals surface area contributed by atoms with Crippen molar-refractivity contribution in [2.24, 2.45) is 0 Å². The molecule has 0 N–H and O–H groups in total. The van der Waals surface area contributed by atoms with Gasteiger partial charge in [0.2, 0.25) is 0 Å². The van der Waals surface area contributed by atoms with Crippen LogP contribution in [0.15, 0.2) is 142 Å². The van der Waals surface area contributed by atoms with Crippen LogP contribution in [0.1, 0.15) is 41.9 Å². The topological polar surface area (TPSA) is 26.3 Å². The Morgan fingerprint density at radius 2 is 0.902 bits per heavy atom. The van der Waals surface area contributed by atoms with E-state index < -0.39 is 0 Å². The van der Waals surface area contributed by atoms with Crippen molar-refractivity contribution in [3.63, 3.8) is 0 Å². The second kappa shape index (κ2) is 17.0. The predicted octanol–water partition coefficient (Wildman–Crippen LogP) is 7.10. The van der Waals surface area contributed by atoms with Crippen molar-refractivity contribution >= 4 is 24.8 Å². The molecule has 9 rings (SSSR count). The maximum atomic E-state index is 5.77. The Morgan fingerprint density at radius 3 is 1.22 bits per heavy atom. The van der Waals surface area contributed by atoms with Crippen LogP contribution >= 0.6 is 0 Å². The molecule has 1 fully saturated rings. The molecule has 6 aromatic carbocycles. The van der Waals surface area contributed by atoms with Crippen LogP contribution in [0.5, 0.6) is 0 Å². The normalized spacial score (nSPS) is 11.8. The SMILES string of the molecule is Cc1ccc(-c2cc3c(-c4ccccc4)c(C)ccc3[cH-]2)o1.Cc1ccc(-c2cc3c(-c4ccccc4)c(C)ccc3[cH-]2)o1.[Cl-].[Cl-].[Zr+2]=[C]1CCC1. The van der Waals surface area contributed by atoms with Gasteiger partial charge in [0.25, 0.3) is 0 Å². The molecule has 0 radical (unpaired) electrons. The number of fused-ring (bicyclic) bond motifs is 2. The summed E-state index contributed by atoms with van der Waals surface area (Å²) < 4.78 is 13.3. The quantitative estimate of drug-likeness (QED) is 0.178. The molecule has 0 bridgehead atoms. The van der Waals surface area contributed by atoms with Gasteiger partial charge in [0.15, 0.2) is 0 Å². The number of benzene rings is 4. The van der Waals surface area contributed by atoms with Crippen molar-refractivity contribution in [2.45, 2.75) is 47.0 Å². The van der Waals surface area contributed by atoms with Crippen molar-refractivity contribution in [3.8, 4) is 44.9 Å². The first-order valence-electron chi connectivity index (χ1n) is 17.0. The summed E-state index contributed by atoms with van der Waals surface area (Å²) in [5.41, 5.74) is 10.0. The molecule has 2 aromatic heterocycles. The van der Waals surface area contributed by atoms with Crippen molar-refractivity contribution < 1.29 is 57.9 Å². The molecule has 0 aliphatic heterocycles. The standard InChI is InChI=1S/2C21H17O.C4H6.2ClH.Zr/c2*1-14-8-10-17-12-18(20-11-9-15(2)22-20)13-19(17)21(14)16-6-4-3-5-7-16;1-2-4-3-1;;;/h2*3-13H,1-2H3;1-3H2;2*1H;/q2*-1;;;;+2/p-2. The van der Waals surface area contributed by atoms with Gasteiger partial charge in [-0.25, -0.2) is 0 Å². The molecule has 1 aliphatic carbocycles. The molecule has 5 heteroatoms. The van der Waals surface area contributed by atoms with Crippen LogP contribution in [-0.2, 0) is 24.2 Å². The van der Waals surface area contributed by atoms with E-state index in [4.69, 9.17) is 8.83 Å². The van der Waals surface area contributed by atoms with Gasteiger partial charge in [-0.3, -0.25) is 0 Å². The first-order valence-corrected chi connectivity index (χ1v) is 18.3. The van der Waals surface area contributed by atoms with E-state index in [1.54, 1.807) is 27.4 Å². The Hall–Kier alpha value is -4.01. The molecule has 0 unspecified atom stereocenters. The molecular formula is C46H40Cl2O2Zr-2. The third-order valence-electron chi connectivity index (χ3n) is 9.33. The first kappa shape index (κ1) is 38.2. The van der Waals surface area contributed by atoms with Gasteiger partial charge < -0.3 is 33.6 Å². The summed E-state index contributed by atoms with van der Waals surface area (Å²) >= 11 is 1.67. The van der Waals surface area contributed by atoms with E-state index in [0.29, 0.717) is 0 Å². The number of aryl methyl sites for hydroxylation is 4. The Bertz CT molecular complexity index is 2200. The molecular weight excluding hydrogens is 747 g/mol. The fourth-order valence-electron chi connectivity index (χ4n) is 6.57. The van der Waals surface area contributed by atoms with Gasteiger partial charge >= 0.3 is 46.7 Å². The van der Waals surface area contributed by atoms with Crippen molar-refractivity contribution in [1.29, 1.82) is 0 Å². The Balaban J connectivity index is 0.000000168. The van der Waals surface area contributed by atoms with Gasteiger partial charge in [0.05, 0.1) is 23.0 Å². The van der Waals surface area contributed by atoms with Crippen molar-refractivity contribution in [3.05, 3.63) is 156 Å². The van der Waals surface area contributed by atoms with Gasteiger partial charge in [0.1, 0.15) is 0 Å². The first-order chi connectivity index (χ1) is 23.8. The van der Waals surface area contributed by atoms with Crippen LogP contribution < -0.4 is 24.8 Å². The number of rotatable bonds is 4. The van der Waals surface area contributed by atoms with E-state index >= 15 is 0 Å². The van der Waals surface area contributed by atoms with Crippen LogP contribution in [0.3, 0.4) is 0 Å². The minimum absolute atomic E-state index is 0. The molecule has 1 saturated carbocycles. The van der Waals surface area contributed by atoms with Crippen LogP contribution in [0.2, 0.25) is 0 Å². The third kappa shape index (κ3) is 8.56. The van der Waals surface area contributed by atoms with Gasteiger partial charge in [-0.05, 0) is 74.2 Å².